The van der Waals surface area contributed by atoms with E-state index in [0.29, 0.717) is 6.04 Å². The standard InChI is InChI=1S/C14H23N3O/c1-3-18-9-13-14-12(15-10-16(14)2)6-7-17(13)8-11-4-5-11/h10-11,13H,3-9H2,1-2H3/t13-/m1/s1. The van der Waals surface area contributed by atoms with E-state index in [0.717, 1.165) is 32.1 Å². The van der Waals surface area contributed by atoms with Crippen LogP contribution >= 0.6 is 0 Å². The molecule has 1 aliphatic carbocycles. The summed E-state index contributed by atoms with van der Waals surface area (Å²) in [5.41, 5.74) is 2.64. The third kappa shape index (κ3) is 2.31. The highest BCUT2D eigenvalue weighted by atomic mass is 16.5. The lowest BCUT2D eigenvalue weighted by molar-refractivity contribution is 0.0536. The highest BCUT2D eigenvalue weighted by Crippen LogP contribution is 2.35. The Morgan fingerprint density at radius 2 is 2.28 bits per heavy atom. The molecular weight excluding hydrogens is 226 g/mol. The average molecular weight is 249 g/mol. The van der Waals surface area contributed by atoms with Crippen LogP contribution in [-0.2, 0) is 18.2 Å². The molecule has 1 aromatic rings. The van der Waals surface area contributed by atoms with Gasteiger partial charge < -0.3 is 9.30 Å². The zero-order valence-electron chi connectivity index (χ0n) is 11.4. The number of imidazole rings is 1. The smallest absolute Gasteiger partial charge is 0.0949 e. The van der Waals surface area contributed by atoms with Crippen molar-refractivity contribution in [1.82, 2.24) is 14.5 Å². The van der Waals surface area contributed by atoms with Gasteiger partial charge in [-0.3, -0.25) is 4.90 Å². The topological polar surface area (TPSA) is 30.3 Å². The predicted octanol–water partition coefficient (Wildman–Crippen LogP) is 1.77. The Morgan fingerprint density at radius 3 is 3.00 bits per heavy atom. The Hall–Kier alpha value is -0.870. The first-order valence-electron chi connectivity index (χ1n) is 7.11. The van der Waals surface area contributed by atoms with Crippen LogP contribution in [0.15, 0.2) is 6.33 Å². The SMILES string of the molecule is CCOC[C@@H]1c2c(ncn2C)CCN1CC1CC1. The van der Waals surface area contributed by atoms with Gasteiger partial charge in [-0.15, -0.1) is 0 Å². The Labute approximate surface area is 109 Å². The van der Waals surface area contributed by atoms with Crippen LogP contribution in [0.1, 0.15) is 37.2 Å². The van der Waals surface area contributed by atoms with Gasteiger partial charge in [-0.1, -0.05) is 0 Å². The molecule has 0 radical (unpaired) electrons. The van der Waals surface area contributed by atoms with E-state index in [1.807, 2.05) is 6.33 Å². The fourth-order valence-electron chi connectivity index (χ4n) is 2.95. The van der Waals surface area contributed by atoms with Crippen molar-refractivity contribution in [2.24, 2.45) is 13.0 Å². The minimum Gasteiger partial charge on any atom is -0.380 e. The van der Waals surface area contributed by atoms with Crippen LogP contribution in [0.4, 0.5) is 0 Å². The zero-order valence-corrected chi connectivity index (χ0v) is 11.4. The lowest BCUT2D eigenvalue weighted by atomic mass is 10.0. The second-order valence-corrected chi connectivity index (χ2v) is 5.55. The number of aryl methyl sites for hydroxylation is 1. The van der Waals surface area contributed by atoms with E-state index in [1.165, 1.54) is 30.8 Å². The molecule has 2 aliphatic rings. The third-order valence-electron chi connectivity index (χ3n) is 4.12. The fourth-order valence-corrected chi connectivity index (χ4v) is 2.95. The van der Waals surface area contributed by atoms with Crippen molar-refractivity contribution < 1.29 is 4.74 Å². The third-order valence-corrected chi connectivity index (χ3v) is 4.12. The van der Waals surface area contributed by atoms with Crippen molar-refractivity contribution in [1.29, 1.82) is 0 Å². The number of aromatic nitrogens is 2. The van der Waals surface area contributed by atoms with Gasteiger partial charge in [-0.2, -0.15) is 0 Å². The molecule has 4 heteroatoms. The van der Waals surface area contributed by atoms with E-state index in [9.17, 15) is 0 Å². The first-order chi connectivity index (χ1) is 8.79. The van der Waals surface area contributed by atoms with E-state index >= 15 is 0 Å². The molecule has 0 spiro atoms. The molecule has 0 N–H and O–H groups in total. The number of ether oxygens (including phenoxy) is 1. The summed E-state index contributed by atoms with van der Waals surface area (Å²) in [6.07, 6.45) is 5.86. The molecule has 3 rings (SSSR count). The minimum absolute atomic E-state index is 0.404. The molecule has 0 bridgehead atoms. The summed E-state index contributed by atoms with van der Waals surface area (Å²) in [6, 6.07) is 0.404. The molecule has 1 atom stereocenters. The first-order valence-corrected chi connectivity index (χ1v) is 7.11. The van der Waals surface area contributed by atoms with Gasteiger partial charge in [0.2, 0.25) is 0 Å². The monoisotopic (exact) mass is 249 g/mol. The number of fused-ring (bicyclic) bond motifs is 1. The molecule has 1 aromatic heterocycles. The predicted molar refractivity (Wildman–Crippen MR) is 70.4 cm³/mol. The molecule has 1 fully saturated rings. The molecule has 18 heavy (non-hydrogen) atoms. The zero-order chi connectivity index (χ0) is 12.5. The number of hydrogen-bond donors (Lipinski definition) is 0. The average Bonchev–Trinajstić information content (AvgIpc) is 3.11. The van der Waals surface area contributed by atoms with Crippen LogP contribution in [0.3, 0.4) is 0 Å². The molecule has 100 valence electrons. The minimum atomic E-state index is 0.404. The second kappa shape index (κ2) is 5.02. The molecule has 0 aromatic carbocycles. The van der Waals surface area contributed by atoms with E-state index in [4.69, 9.17) is 4.74 Å². The molecule has 2 heterocycles. The summed E-state index contributed by atoms with van der Waals surface area (Å²) in [4.78, 5) is 7.13. The van der Waals surface area contributed by atoms with Gasteiger partial charge in [0.15, 0.2) is 0 Å². The van der Waals surface area contributed by atoms with E-state index in [2.05, 4.69) is 28.4 Å². The van der Waals surface area contributed by atoms with Gasteiger partial charge in [0.1, 0.15) is 0 Å². The van der Waals surface area contributed by atoms with Gasteiger partial charge in [0.05, 0.1) is 30.4 Å². The number of nitrogens with zero attached hydrogens (tertiary/aromatic N) is 3. The molecule has 1 saturated carbocycles. The van der Waals surface area contributed by atoms with Crippen molar-refractivity contribution in [2.45, 2.75) is 32.2 Å². The molecular formula is C14H23N3O. The van der Waals surface area contributed by atoms with Gasteiger partial charge in [0, 0.05) is 33.2 Å². The van der Waals surface area contributed by atoms with Crippen molar-refractivity contribution in [3.63, 3.8) is 0 Å². The Kier molecular flexibility index (Phi) is 3.39. The second-order valence-electron chi connectivity index (χ2n) is 5.55. The maximum Gasteiger partial charge on any atom is 0.0949 e. The van der Waals surface area contributed by atoms with E-state index < -0.39 is 0 Å². The maximum absolute atomic E-state index is 5.70. The summed E-state index contributed by atoms with van der Waals surface area (Å²) in [5.74, 6) is 0.934. The van der Waals surface area contributed by atoms with Gasteiger partial charge >= 0.3 is 0 Å². The first kappa shape index (κ1) is 12.2. The van der Waals surface area contributed by atoms with Crippen molar-refractivity contribution >= 4 is 0 Å². The van der Waals surface area contributed by atoms with Crippen molar-refractivity contribution in [2.75, 3.05) is 26.3 Å². The van der Waals surface area contributed by atoms with Gasteiger partial charge in [-0.05, 0) is 25.7 Å². The van der Waals surface area contributed by atoms with Crippen LogP contribution in [0.2, 0.25) is 0 Å². The number of rotatable bonds is 5. The highest BCUT2D eigenvalue weighted by Gasteiger charge is 2.34. The van der Waals surface area contributed by atoms with Crippen molar-refractivity contribution in [3.8, 4) is 0 Å². The quantitative estimate of drug-likeness (QED) is 0.796. The summed E-state index contributed by atoms with van der Waals surface area (Å²) in [6.45, 7) is 6.04. The van der Waals surface area contributed by atoms with Crippen LogP contribution in [-0.4, -0.2) is 40.8 Å². The summed E-state index contributed by atoms with van der Waals surface area (Å²) >= 11 is 0. The summed E-state index contributed by atoms with van der Waals surface area (Å²) in [5, 5.41) is 0. The summed E-state index contributed by atoms with van der Waals surface area (Å²) in [7, 11) is 2.10. The fraction of sp³-hybridized carbons (Fsp3) is 0.786. The van der Waals surface area contributed by atoms with Gasteiger partial charge in [0.25, 0.3) is 0 Å². The molecule has 0 unspecified atom stereocenters. The van der Waals surface area contributed by atoms with Gasteiger partial charge in [-0.25, -0.2) is 4.98 Å². The lowest BCUT2D eigenvalue weighted by Crippen LogP contribution is -2.40. The Balaban J connectivity index is 1.81. The highest BCUT2D eigenvalue weighted by molar-refractivity contribution is 5.21. The van der Waals surface area contributed by atoms with E-state index in [1.54, 1.807) is 0 Å². The van der Waals surface area contributed by atoms with Crippen LogP contribution in [0, 0.1) is 5.92 Å². The molecule has 0 saturated heterocycles. The molecule has 1 aliphatic heterocycles. The normalized spacial score (nSPS) is 24.2. The maximum atomic E-state index is 5.70. The van der Waals surface area contributed by atoms with Crippen molar-refractivity contribution in [3.05, 3.63) is 17.7 Å². The molecule has 4 nitrogen and oxygen atoms in total. The largest absolute Gasteiger partial charge is 0.380 e. The Bertz CT molecular complexity index is 411. The van der Waals surface area contributed by atoms with Crippen LogP contribution in [0.25, 0.3) is 0 Å². The van der Waals surface area contributed by atoms with E-state index in [-0.39, 0.29) is 0 Å². The molecule has 0 amide bonds. The van der Waals surface area contributed by atoms with Crippen LogP contribution < -0.4 is 0 Å². The summed E-state index contributed by atoms with van der Waals surface area (Å²) < 4.78 is 7.88. The number of hydrogen-bond acceptors (Lipinski definition) is 3. The van der Waals surface area contributed by atoms with Crippen LogP contribution in [0.5, 0.6) is 0 Å². The lowest BCUT2D eigenvalue weighted by Gasteiger charge is -2.35. The Morgan fingerprint density at radius 1 is 1.44 bits per heavy atom.